The predicted octanol–water partition coefficient (Wildman–Crippen LogP) is 4.95. The number of benzene rings is 2. The van der Waals surface area contributed by atoms with Crippen LogP contribution in [0.4, 0.5) is 18.9 Å². The van der Waals surface area contributed by atoms with Gasteiger partial charge in [-0.25, -0.2) is 0 Å². The van der Waals surface area contributed by atoms with E-state index in [9.17, 15) is 23.3 Å². The molecule has 24 heavy (non-hydrogen) atoms. The Morgan fingerprint density at radius 2 is 1.71 bits per heavy atom. The van der Waals surface area contributed by atoms with Crippen LogP contribution in [0.3, 0.4) is 0 Å². The van der Waals surface area contributed by atoms with Crippen LogP contribution in [-0.4, -0.2) is 17.4 Å². The van der Waals surface area contributed by atoms with Crippen LogP contribution in [0.2, 0.25) is 0 Å². The average Bonchev–Trinajstić information content (AvgIpc) is 2.46. The highest BCUT2D eigenvalue weighted by Crippen LogP contribution is 2.35. The summed E-state index contributed by atoms with van der Waals surface area (Å²) in [5, 5.41) is 10.9. The van der Waals surface area contributed by atoms with Gasteiger partial charge in [-0.15, -0.1) is 13.2 Å². The van der Waals surface area contributed by atoms with Crippen molar-refractivity contribution < 1.29 is 27.6 Å². The van der Waals surface area contributed by atoms with E-state index < -0.39 is 11.3 Å². The summed E-state index contributed by atoms with van der Waals surface area (Å²) >= 11 is 0. The SMILES string of the molecule is CC(C)Oc1ccc([N+](=O)[O-])cc1-c1ccc(OC(F)(F)F)cc1. The molecular weight excluding hydrogens is 327 g/mol. The van der Waals surface area contributed by atoms with E-state index in [-0.39, 0.29) is 17.5 Å². The first-order valence-electron chi connectivity index (χ1n) is 6.97. The second-order valence-corrected chi connectivity index (χ2v) is 5.18. The molecule has 128 valence electrons. The number of hydrogen-bond acceptors (Lipinski definition) is 4. The fraction of sp³-hybridized carbons (Fsp3) is 0.250. The number of nitro groups is 1. The van der Waals surface area contributed by atoms with E-state index in [4.69, 9.17) is 4.74 Å². The second-order valence-electron chi connectivity index (χ2n) is 5.18. The van der Waals surface area contributed by atoms with Crippen LogP contribution in [0.1, 0.15) is 13.8 Å². The van der Waals surface area contributed by atoms with E-state index in [1.165, 1.54) is 30.3 Å². The van der Waals surface area contributed by atoms with Crippen LogP contribution in [-0.2, 0) is 0 Å². The van der Waals surface area contributed by atoms with Crippen LogP contribution in [0, 0.1) is 10.1 Å². The highest BCUT2D eigenvalue weighted by atomic mass is 19.4. The highest BCUT2D eigenvalue weighted by Gasteiger charge is 2.31. The molecule has 2 aromatic carbocycles. The molecule has 0 atom stereocenters. The molecule has 0 saturated heterocycles. The van der Waals surface area contributed by atoms with Crippen molar-refractivity contribution in [3.8, 4) is 22.6 Å². The molecule has 0 bridgehead atoms. The standard InChI is InChI=1S/C16H14F3NO4/c1-10(2)23-15-8-5-12(20(21)22)9-14(15)11-3-6-13(7-4-11)24-16(17,18)19/h3-10H,1-2H3. The van der Waals surface area contributed by atoms with Crippen molar-refractivity contribution in [2.45, 2.75) is 26.3 Å². The molecule has 0 amide bonds. The van der Waals surface area contributed by atoms with Crippen LogP contribution in [0.25, 0.3) is 11.1 Å². The third-order valence-electron chi connectivity index (χ3n) is 2.94. The molecule has 2 rings (SSSR count). The van der Waals surface area contributed by atoms with Crippen molar-refractivity contribution in [3.63, 3.8) is 0 Å². The number of hydrogen-bond donors (Lipinski definition) is 0. The van der Waals surface area contributed by atoms with E-state index in [1.54, 1.807) is 13.8 Å². The number of rotatable bonds is 5. The summed E-state index contributed by atoms with van der Waals surface area (Å²) in [6.45, 7) is 3.59. The summed E-state index contributed by atoms with van der Waals surface area (Å²) in [4.78, 5) is 10.4. The Morgan fingerprint density at radius 1 is 1.08 bits per heavy atom. The van der Waals surface area contributed by atoms with Crippen molar-refractivity contribution >= 4 is 5.69 Å². The summed E-state index contributed by atoms with van der Waals surface area (Å²) in [6, 6.07) is 9.13. The van der Waals surface area contributed by atoms with E-state index in [0.29, 0.717) is 16.9 Å². The monoisotopic (exact) mass is 341 g/mol. The lowest BCUT2D eigenvalue weighted by atomic mass is 10.0. The van der Waals surface area contributed by atoms with Gasteiger partial charge in [0, 0.05) is 17.7 Å². The Labute approximate surface area is 135 Å². The Morgan fingerprint density at radius 3 is 2.21 bits per heavy atom. The minimum atomic E-state index is -4.78. The number of non-ortho nitro benzene ring substituents is 1. The third-order valence-corrected chi connectivity index (χ3v) is 2.94. The largest absolute Gasteiger partial charge is 0.573 e. The van der Waals surface area contributed by atoms with Gasteiger partial charge >= 0.3 is 6.36 Å². The number of alkyl halides is 3. The van der Waals surface area contributed by atoms with E-state index in [0.717, 1.165) is 12.1 Å². The quantitative estimate of drug-likeness (QED) is 0.570. The Kier molecular flexibility index (Phi) is 4.96. The van der Waals surface area contributed by atoms with Gasteiger partial charge in [-0.05, 0) is 37.6 Å². The summed E-state index contributed by atoms with van der Waals surface area (Å²) in [7, 11) is 0. The zero-order valence-corrected chi connectivity index (χ0v) is 12.8. The maximum atomic E-state index is 12.2. The van der Waals surface area contributed by atoms with Gasteiger partial charge in [0.25, 0.3) is 5.69 Å². The first-order valence-corrected chi connectivity index (χ1v) is 6.97. The summed E-state index contributed by atoms with van der Waals surface area (Å²) in [6.07, 6.45) is -4.95. The van der Waals surface area contributed by atoms with Gasteiger partial charge in [0.05, 0.1) is 11.0 Å². The molecule has 0 aliphatic carbocycles. The van der Waals surface area contributed by atoms with E-state index in [1.807, 2.05) is 0 Å². The first kappa shape index (κ1) is 17.6. The molecule has 0 aliphatic heterocycles. The maximum absolute atomic E-state index is 12.2. The van der Waals surface area contributed by atoms with Crippen LogP contribution < -0.4 is 9.47 Å². The number of nitrogens with zero attached hydrogens (tertiary/aromatic N) is 1. The number of halogens is 3. The maximum Gasteiger partial charge on any atom is 0.573 e. The Balaban J connectivity index is 2.41. The van der Waals surface area contributed by atoms with Crippen molar-refractivity contribution in [2.24, 2.45) is 0 Å². The average molecular weight is 341 g/mol. The van der Waals surface area contributed by atoms with Gasteiger partial charge in [-0.2, -0.15) is 0 Å². The van der Waals surface area contributed by atoms with Gasteiger partial charge in [0.1, 0.15) is 11.5 Å². The molecule has 0 fully saturated rings. The lowest BCUT2D eigenvalue weighted by Crippen LogP contribution is -2.16. The molecule has 0 spiro atoms. The van der Waals surface area contributed by atoms with Gasteiger partial charge in [-0.3, -0.25) is 10.1 Å². The minimum absolute atomic E-state index is 0.142. The fourth-order valence-electron chi connectivity index (χ4n) is 2.05. The lowest BCUT2D eigenvalue weighted by Gasteiger charge is -2.15. The van der Waals surface area contributed by atoms with E-state index >= 15 is 0 Å². The zero-order valence-electron chi connectivity index (χ0n) is 12.8. The highest BCUT2D eigenvalue weighted by molar-refractivity contribution is 5.73. The molecule has 0 aliphatic rings. The first-order chi connectivity index (χ1) is 11.2. The van der Waals surface area contributed by atoms with Gasteiger partial charge in [-0.1, -0.05) is 12.1 Å². The van der Waals surface area contributed by atoms with Gasteiger partial charge < -0.3 is 9.47 Å². The van der Waals surface area contributed by atoms with E-state index in [2.05, 4.69) is 4.74 Å². The smallest absolute Gasteiger partial charge is 0.490 e. The zero-order chi connectivity index (χ0) is 17.9. The molecular formula is C16H14F3NO4. The van der Waals surface area contributed by atoms with Crippen LogP contribution in [0.5, 0.6) is 11.5 Å². The van der Waals surface area contributed by atoms with Crippen molar-refractivity contribution in [3.05, 3.63) is 52.6 Å². The Bertz CT molecular complexity index is 727. The Hall–Kier alpha value is -2.77. The number of nitro benzene ring substituents is 1. The fourth-order valence-corrected chi connectivity index (χ4v) is 2.05. The molecule has 8 heteroatoms. The molecule has 0 saturated carbocycles. The second kappa shape index (κ2) is 6.77. The minimum Gasteiger partial charge on any atom is -0.490 e. The van der Waals surface area contributed by atoms with Crippen LogP contribution >= 0.6 is 0 Å². The lowest BCUT2D eigenvalue weighted by molar-refractivity contribution is -0.384. The molecule has 0 unspecified atom stereocenters. The molecule has 0 N–H and O–H groups in total. The van der Waals surface area contributed by atoms with Crippen molar-refractivity contribution in [2.75, 3.05) is 0 Å². The summed E-state index contributed by atoms with van der Waals surface area (Å²) in [5.74, 6) is 0.0306. The summed E-state index contributed by atoms with van der Waals surface area (Å²) < 4.78 is 46.0. The molecule has 0 radical (unpaired) electrons. The topological polar surface area (TPSA) is 61.6 Å². The van der Waals surface area contributed by atoms with Crippen molar-refractivity contribution in [1.29, 1.82) is 0 Å². The van der Waals surface area contributed by atoms with Crippen LogP contribution in [0.15, 0.2) is 42.5 Å². The molecule has 5 nitrogen and oxygen atoms in total. The predicted molar refractivity (Wildman–Crippen MR) is 81.0 cm³/mol. The van der Waals surface area contributed by atoms with Gasteiger partial charge in [0.2, 0.25) is 0 Å². The summed E-state index contributed by atoms with van der Waals surface area (Å²) in [5.41, 5.74) is 0.747. The molecule has 2 aromatic rings. The third kappa shape index (κ3) is 4.61. The van der Waals surface area contributed by atoms with Crippen molar-refractivity contribution in [1.82, 2.24) is 0 Å². The number of ether oxygens (including phenoxy) is 2. The molecule has 0 aromatic heterocycles. The normalized spacial score (nSPS) is 11.4. The van der Waals surface area contributed by atoms with Gasteiger partial charge in [0.15, 0.2) is 0 Å². The molecule has 0 heterocycles.